The third kappa shape index (κ3) is 7.05. The summed E-state index contributed by atoms with van der Waals surface area (Å²) in [7, 11) is 1.82. The molecule has 8 nitrogen and oxygen atoms in total. The van der Waals surface area contributed by atoms with Crippen molar-refractivity contribution in [2.75, 3.05) is 32.9 Å². The van der Waals surface area contributed by atoms with Gasteiger partial charge in [0.05, 0.1) is 11.1 Å². The van der Waals surface area contributed by atoms with E-state index >= 15 is 0 Å². The Morgan fingerprint density at radius 3 is 2.62 bits per heavy atom. The lowest BCUT2D eigenvalue weighted by Gasteiger charge is -2.28. The zero-order valence-electron chi connectivity index (χ0n) is 19.3. The second-order valence-corrected chi connectivity index (χ2v) is 9.78. The number of halogens is 2. The fraction of sp³-hybridized carbons (Fsp3) is 0.619. The van der Waals surface area contributed by atoms with Gasteiger partial charge in [-0.2, -0.15) is 0 Å². The number of thioether (sulfide) groups is 1. The Morgan fingerprint density at radius 2 is 2.03 bits per heavy atom. The van der Waals surface area contributed by atoms with Crippen LogP contribution in [0.15, 0.2) is 9.95 Å². The Hall–Kier alpha value is -1.91. The average Bonchev–Trinajstić information content (AvgIpc) is 2.69. The fourth-order valence-corrected chi connectivity index (χ4v) is 3.69. The molecule has 0 saturated heterocycles. The van der Waals surface area contributed by atoms with Gasteiger partial charge in [0.25, 0.3) is 5.56 Å². The summed E-state index contributed by atoms with van der Waals surface area (Å²) in [6.07, 6.45) is 2.38. The normalized spacial score (nSPS) is 12.8. The Balaban J connectivity index is 2.21. The summed E-state index contributed by atoms with van der Waals surface area (Å²) in [6, 6.07) is 0. The molecular formula is C21H31ClFN5O3S. The maximum Gasteiger partial charge on any atom is 0.410 e. The summed E-state index contributed by atoms with van der Waals surface area (Å²) in [4.78, 5) is 37.7. The number of amides is 1. The van der Waals surface area contributed by atoms with Crippen LogP contribution < -0.4 is 10.9 Å². The van der Waals surface area contributed by atoms with E-state index in [0.717, 1.165) is 0 Å². The molecule has 0 spiro atoms. The van der Waals surface area contributed by atoms with Gasteiger partial charge in [0.1, 0.15) is 11.1 Å². The van der Waals surface area contributed by atoms with E-state index in [9.17, 15) is 14.0 Å². The van der Waals surface area contributed by atoms with E-state index in [1.165, 1.54) is 11.8 Å². The molecule has 178 valence electrons. The minimum atomic E-state index is -0.803. The molecule has 2 aromatic rings. The van der Waals surface area contributed by atoms with Crippen LogP contribution in [-0.4, -0.2) is 64.5 Å². The number of likely N-dealkylation sites (N-methyl/N-ethyl adjacent to an activating group) is 1. The highest BCUT2D eigenvalue weighted by Gasteiger charge is 2.23. The van der Waals surface area contributed by atoms with Crippen LogP contribution in [0.4, 0.5) is 9.18 Å². The van der Waals surface area contributed by atoms with E-state index in [-0.39, 0.29) is 28.1 Å². The van der Waals surface area contributed by atoms with Crippen molar-refractivity contribution >= 4 is 40.4 Å². The molecule has 0 aliphatic rings. The highest BCUT2D eigenvalue weighted by molar-refractivity contribution is 7.98. The van der Waals surface area contributed by atoms with E-state index in [1.807, 2.05) is 34.7 Å². The van der Waals surface area contributed by atoms with Crippen LogP contribution in [0.2, 0.25) is 5.15 Å². The van der Waals surface area contributed by atoms with Gasteiger partial charge in [0.2, 0.25) is 0 Å². The van der Waals surface area contributed by atoms with E-state index in [4.69, 9.17) is 16.3 Å². The predicted molar refractivity (Wildman–Crippen MR) is 126 cm³/mol. The first-order chi connectivity index (χ1) is 15.0. The van der Waals surface area contributed by atoms with E-state index in [2.05, 4.69) is 20.3 Å². The number of pyridine rings is 1. The predicted octanol–water partition coefficient (Wildman–Crippen LogP) is 3.86. The molecule has 2 N–H and O–H groups in total. The second kappa shape index (κ2) is 11.3. The van der Waals surface area contributed by atoms with Gasteiger partial charge in [0.15, 0.2) is 16.1 Å². The number of aromatic amines is 1. The topological polar surface area (TPSA) is 100 Å². The molecule has 1 unspecified atom stereocenters. The zero-order valence-corrected chi connectivity index (χ0v) is 20.9. The number of aromatic nitrogens is 3. The maximum atomic E-state index is 14.5. The van der Waals surface area contributed by atoms with Crippen molar-refractivity contribution in [3.05, 3.63) is 27.0 Å². The SMILES string of the molecule is CNCCN(CCC(C)Cc1nc(Cl)c(F)c2nc(SC)[nH]c(=O)c12)C(=O)OC(C)(C)C. The van der Waals surface area contributed by atoms with Crippen LogP contribution in [0.25, 0.3) is 10.9 Å². The van der Waals surface area contributed by atoms with Gasteiger partial charge in [0, 0.05) is 19.6 Å². The van der Waals surface area contributed by atoms with Crippen molar-refractivity contribution < 1.29 is 13.9 Å². The van der Waals surface area contributed by atoms with Gasteiger partial charge >= 0.3 is 6.09 Å². The first-order valence-electron chi connectivity index (χ1n) is 10.4. The van der Waals surface area contributed by atoms with Gasteiger partial charge in [-0.3, -0.25) is 4.79 Å². The van der Waals surface area contributed by atoms with E-state index in [1.54, 1.807) is 11.2 Å². The lowest BCUT2D eigenvalue weighted by atomic mass is 9.99. The maximum absolute atomic E-state index is 14.5. The number of H-pyrrole nitrogens is 1. The molecule has 11 heteroatoms. The smallest absolute Gasteiger partial charge is 0.410 e. The molecule has 0 aliphatic carbocycles. The van der Waals surface area contributed by atoms with Gasteiger partial charge in [-0.15, -0.1) is 0 Å². The molecule has 2 heterocycles. The number of nitrogens with zero attached hydrogens (tertiary/aromatic N) is 3. The summed E-state index contributed by atoms with van der Waals surface area (Å²) < 4.78 is 20.0. The summed E-state index contributed by atoms with van der Waals surface area (Å²) in [5.74, 6) is -0.769. The quantitative estimate of drug-likeness (QED) is 0.314. The number of hydrogen-bond donors (Lipinski definition) is 2. The van der Waals surface area contributed by atoms with Crippen molar-refractivity contribution in [3.8, 4) is 0 Å². The third-order valence-corrected chi connectivity index (χ3v) is 5.55. The molecule has 2 aromatic heterocycles. The number of carbonyl (C=O) groups is 1. The summed E-state index contributed by atoms with van der Waals surface area (Å²) in [5, 5.41) is 3.14. The Morgan fingerprint density at radius 1 is 1.34 bits per heavy atom. The van der Waals surface area contributed by atoms with Crippen LogP contribution in [0.1, 0.15) is 39.8 Å². The lowest BCUT2D eigenvalue weighted by Crippen LogP contribution is -2.41. The largest absolute Gasteiger partial charge is 0.444 e. The summed E-state index contributed by atoms with van der Waals surface area (Å²) >= 11 is 7.20. The van der Waals surface area contributed by atoms with Gasteiger partial charge in [-0.05, 0) is 52.8 Å². The molecule has 0 radical (unpaired) electrons. The Kier molecular flexibility index (Phi) is 9.29. The number of rotatable bonds is 9. The number of nitrogens with one attached hydrogen (secondary N) is 2. The number of hydrogen-bond acceptors (Lipinski definition) is 7. The molecule has 0 aromatic carbocycles. The van der Waals surface area contributed by atoms with Crippen molar-refractivity contribution in [2.45, 2.75) is 51.3 Å². The summed E-state index contributed by atoms with van der Waals surface area (Å²) in [6.45, 7) is 9.06. The zero-order chi connectivity index (χ0) is 24.1. The highest BCUT2D eigenvalue weighted by atomic mass is 35.5. The molecule has 0 saturated carbocycles. The van der Waals surface area contributed by atoms with Gasteiger partial charge < -0.3 is 19.9 Å². The number of carbonyl (C=O) groups excluding carboxylic acids is 1. The van der Waals surface area contributed by atoms with Crippen molar-refractivity contribution in [2.24, 2.45) is 5.92 Å². The van der Waals surface area contributed by atoms with Crippen molar-refractivity contribution in [1.29, 1.82) is 0 Å². The molecule has 0 fully saturated rings. The van der Waals surface area contributed by atoms with Gasteiger partial charge in [-0.1, -0.05) is 30.3 Å². The van der Waals surface area contributed by atoms with E-state index in [0.29, 0.717) is 43.3 Å². The van der Waals surface area contributed by atoms with Crippen LogP contribution >= 0.6 is 23.4 Å². The average molecular weight is 488 g/mol. The molecular weight excluding hydrogens is 457 g/mol. The van der Waals surface area contributed by atoms with Crippen molar-refractivity contribution in [3.63, 3.8) is 0 Å². The first kappa shape index (κ1) is 26.3. The van der Waals surface area contributed by atoms with Crippen LogP contribution in [-0.2, 0) is 11.2 Å². The Labute approximate surface area is 196 Å². The van der Waals surface area contributed by atoms with E-state index < -0.39 is 17.0 Å². The van der Waals surface area contributed by atoms with Crippen LogP contribution in [0.3, 0.4) is 0 Å². The lowest BCUT2D eigenvalue weighted by molar-refractivity contribution is 0.0244. The Bertz CT molecular complexity index is 1010. The van der Waals surface area contributed by atoms with Gasteiger partial charge in [-0.25, -0.2) is 19.2 Å². The number of ether oxygens (including phenoxy) is 1. The highest BCUT2D eigenvalue weighted by Crippen LogP contribution is 2.25. The minimum Gasteiger partial charge on any atom is -0.444 e. The number of fused-ring (bicyclic) bond motifs is 1. The molecule has 2 rings (SSSR count). The molecule has 1 atom stereocenters. The first-order valence-corrected chi connectivity index (χ1v) is 12.0. The molecule has 32 heavy (non-hydrogen) atoms. The monoisotopic (exact) mass is 487 g/mol. The third-order valence-electron chi connectivity index (χ3n) is 4.72. The summed E-state index contributed by atoms with van der Waals surface area (Å²) in [5.41, 5.74) is -0.726. The fourth-order valence-electron chi connectivity index (χ4n) is 3.12. The van der Waals surface area contributed by atoms with Crippen molar-refractivity contribution in [1.82, 2.24) is 25.2 Å². The standard InChI is InChI=1S/C21H31ClFN5O3S/c1-12(7-9-28(10-8-24-5)20(30)31-21(2,3)4)11-13-14-16(15(23)17(22)25-13)26-19(32-6)27-18(14)29/h12,24H,7-11H2,1-6H3,(H,26,27,29). The second-order valence-electron chi connectivity index (χ2n) is 8.63. The van der Waals surface area contributed by atoms with Crippen LogP contribution in [0, 0.1) is 11.7 Å². The molecule has 1 amide bonds. The molecule has 0 bridgehead atoms. The molecule has 0 aliphatic heterocycles. The minimum absolute atomic E-state index is 0.0337. The van der Waals surface area contributed by atoms with Crippen LogP contribution in [0.5, 0.6) is 0 Å².